The van der Waals surface area contributed by atoms with Crippen molar-refractivity contribution in [2.45, 2.75) is 25.8 Å². The Bertz CT molecular complexity index is 232. The Morgan fingerprint density at radius 1 is 1.62 bits per heavy atom. The van der Waals surface area contributed by atoms with E-state index < -0.39 is 17.4 Å². The van der Waals surface area contributed by atoms with Crippen LogP contribution in [0.4, 0.5) is 0 Å². The molecule has 1 aliphatic carbocycles. The van der Waals surface area contributed by atoms with Gasteiger partial charge in [0, 0.05) is 6.04 Å². The van der Waals surface area contributed by atoms with E-state index in [2.05, 4.69) is 4.74 Å². The van der Waals surface area contributed by atoms with Gasteiger partial charge in [-0.15, -0.1) is 0 Å². The van der Waals surface area contributed by atoms with Crippen molar-refractivity contribution in [3.8, 4) is 0 Å². The lowest BCUT2D eigenvalue weighted by Crippen LogP contribution is -2.56. The molecule has 13 heavy (non-hydrogen) atoms. The lowest BCUT2D eigenvalue weighted by molar-refractivity contribution is -0.176. The fraction of sp³-hybridized carbons (Fsp3) is 0.750. The first-order valence-corrected chi connectivity index (χ1v) is 4.19. The second-order valence-corrected chi connectivity index (χ2v) is 3.28. The quantitative estimate of drug-likeness (QED) is 0.469. The third-order valence-electron chi connectivity index (χ3n) is 2.30. The maximum Gasteiger partial charge on any atom is 0.323 e. The number of aliphatic carboxylic acids is 1. The summed E-state index contributed by atoms with van der Waals surface area (Å²) < 4.78 is 4.68. The molecule has 0 atom stereocenters. The molecule has 0 unspecified atom stereocenters. The maximum atomic E-state index is 11.3. The smallest absolute Gasteiger partial charge is 0.323 e. The van der Waals surface area contributed by atoms with E-state index in [0.717, 1.165) is 0 Å². The minimum Gasteiger partial charge on any atom is -0.480 e. The first-order valence-electron chi connectivity index (χ1n) is 4.19. The second kappa shape index (κ2) is 3.33. The largest absolute Gasteiger partial charge is 0.480 e. The molecule has 0 amide bonds. The predicted molar refractivity (Wildman–Crippen MR) is 43.9 cm³/mol. The summed E-state index contributed by atoms with van der Waals surface area (Å²) in [6.45, 7) is 1.84. The minimum atomic E-state index is -1.37. The van der Waals surface area contributed by atoms with E-state index in [1.165, 1.54) is 0 Å². The Kier molecular flexibility index (Phi) is 2.56. The van der Waals surface area contributed by atoms with Gasteiger partial charge in [-0.2, -0.15) is 0 Å². The van der Waals surface area contributed by atoms with Gasteiger partial charge in [-0.1, -0.05) is 0 Å². The normalized spacial score (nSPS) is 32.0. The number of esters is 1. The summed E-state index contributed by atoms with van der Waals surface area (Å²) in [4.78, 5) is 22.1. The van der Waals surface area contributed by atoms with E-state index in [1.54, 1.807) is 6.92 Å². The predicted octanol–water partition coefficient (Wildman–Crippen LogP) is -0.258. The monoisotopic (exact) mass is 187 g/mol. The Labute approximate surface area is 75.9 Å². The van der Waals surface area contributed by atoms with Crippen LogP contribution in [0.2, 0.25) is 0 Å². The average Bonchev–Trinajstić information content (AvgIpc) is 1.98. The molecule has 0 aromatic rings. The minimum absolute atomic E-state index is 0.182. The molecule has 1 fully saturated rings. The van der Waals surface area contributed by atoms with Crippen molar-refractivity contribution in [3.05, 3.63) is 0 Å². The van der Waals surface area contributed by atoms with Crippen LogP contribution in [0.1, 0.15) is 19.8 Å². The molecular weight excluding hydrogens is 174 g/mol. The SMILES string of the molecule is CCOC(=O)C1(C(=O)O)CC(N)C1. The number of carboxylic acids is 1. The number of ether oxygens (including phenoxy) is 1. The van der Waals surface area contributed by atoms with Crippen LogP contribution < -0.4 is 5.73 Å². The van der Waals surface area contributed by atoms with Gasteiger partial charge in [-0.05, 0) is 19.8 Å². The van der Waals surface area contributed by atoms with Crippen LogP contribution in [0.15, 0.2) is 0 Å². The molecule has 0 bridgehead atoms. The molecule has 3 N–H and O–H groups in total. The van der Waals surface area contributed by atoms with Crippen molar-refractivity contribution in [2.75, 3.05) is 6.61 Å². The number of hydrogen-bond donors (Lipinski definition) is 2. The van der Waals surface area contributed by atoms with Crippen LogP contribution in [0, 0.1) is 5.41 Å². The van der Waals surface area contributed by atoms with Gasteiger partial charge in [0.15, 0.2) is 5.41 Å². The highest BCUT2D eigenvalue weighted by Crippen LogP contribution is 2.41. The lowest BCUT2D eigenvalue weighted by Gasteiger charge is -2.39. The molecule has 0 aromatic carbocycles. The van der Waals surface area contributed by atoms with Crippen molar-refractivity contribution in [2.24, 2.45) is 11.1 Å². The number of carboxylic acid groups (broad SMARTS) is 1. The molecule has 0 spiro atoms. The zero-order chi connectivity index (χ0) is 10.1. The van der Waals surface area contributed by atoms with E-state index >= 15 is 0 Å². The van der Waals surface area contributed by atoms with Gasteiger partial charge in [0.25, 0.3) is 0 Å². The third kappa shape index (κ3) is 1.51. The maximum absolute atomic E-state index is 11.3. The summed E-state index contributed by atoms with van der Waals surface area (Å²) in [5.74, 6) is -1.79. The molecule has 0 radical (unpaired) electrons. The van der Waals surface area contributed by atoms with Crippen molar-refractivity contribution in [1.29, 1.82) is 0 Å². The van der Waals surface area contributed by atoms with E-state index in [1.807, 2.05) is 0 Å². The fourth-order valence-corrected chi connectivity index (χ4v) is 1.53. The van der Waals surface area contributed by atoms with Crippen molar-refractivity contribution in [3.63, 3.8) is 0 Å². The molecule has 0 aliphatic heterocycles. The van der Waals surface area contributed by atoms with Crippen molar-refractivity contribution in [1.82, 2.24) is 0 Å². The summed E-state index contributed by atoms with van der Waals surface area (Å²) in [6.07, 6.45) is 0.363. The van der Waals surface area contributed by atoms with E-state index in [9.17, 15) is 9.59 Å². The first kappa shape index (κ1) is 9.98. The average molecular weight is 187 g/mol. The first-order chi connectivity index (χ1) is 6.03. The molecule has 0 saturated heterocycles. The standard InChI is InChI=1S/C8H13NO4/c1-2-13-7(12)8(6(10)11)3-5(9)4-8/h5H,2-4,9H2,1H3,(H,10,11). The molecule has 1 rings (SSSR count). The summed E-state index contributed by atoms with van der Waals surface area (Å²) in [5.41, 5.74) is 4.09. The van der Waals surface area contributed by atoms with Crippen LogP contribution in [-0.2, 0) is 14.3 Å². The summed E-state index contributed by atoms with van der Waals surface area (Å²) in [5, 5.41) is 8.84. The molecule has 1 saturated carbocycles. The van der Waals surface area contributed by atoms with E-state index in [4.69, 9.17) is 10.8 Å². The van der Waals surface area contributed by atoms with E-state index in [0.29, 0.717) is 0 Å². The summed E-state index contributed by atoms with van der Waals surface area (Å²) in [6, 6.07) is -0.194. The highest BCUT2D eigenvalue weighted by molar-refractivity contribution is 6.00. The Balaban J connectivity index is 2.70. The van der Waals surface area contributed by atoms with Gasteiger partial charge >= 0.3 is 11.9 Å². The Morgan fingerprint density at radius 2 is 2.15 bits per heavy atom. The van der Waals surface area contributed by atoms with Gasteiger partial charge in [0.1, 0.15) is 0 Å². The van der Waals surface area contributed by atoms with Crippen LogP contribution in [0.3, 0.4) is 0 Å². The highest BCUT2D eigenvalue weighted by atomic mass is 16.5. The van der Waals surface area contributed by atoms with Crippen LogP contribution in [0.25, 0.3) is 0 Å². The molecule has 5 nitrogen and oxygen atoms in total. The van der Waals surface area contributed by atoms with Gasteiger partial charge in [-0.3, -0.25) is 9.59 Å². The van der Waals surface area contributed by atoms with Gasteiger partial charge in [-0.25, -0.2) is 0 Å². The fourth-order valence-electron chi connectivity index (χ4n) is 1.53. The topological polar surface area (TPSA) is 89.6 Å². The van der Waals surface area contributed by atoms with Crippen LogP contribution >= 0.6 is 0 Å². The molecule has 1 aliphatic rings. The highest BCUT2D eigenvalue weighted by Gasteiger charge is 2.56. The number of nitrogens with two attached hydrogens (primary N) is 1. The Hall–Kier alpha value is -1.10. The summed E-state index contributed by atoms with van der Waals surface area (Å²) in [7, 11) is 0. The van der Waals surface area contributed by atoms with Gasteiger partial charge < -0.3 is 15.6 Å². The molecule has 74 valence electrons. The van der Waals surface area contributed by atoms with Crippen LogP contribution in [0.5, 0.6) is 0 Å². The molecule has 5 heteroatoms. The second-order valence-electron chi connectivity index (χ2n) is 3.28. The van der Waals surface area contributed by atoms with Crippen molar-refractivity contribution >= 4 is 11.9 Å². The zero-order valence-corrected chi connectivity index (χ0v) is 7.45. The molecule has 0 heterocycles. The van der Waals surface area contributed by atoms with Crippen molar-refractivity contribution < 1.29 is 19.4 Å². The number of carbonyl (C=O) groups is 2. The summed E-state index contributed by atoms with van der Waals surface area (Å²) >= 11 is 0. The number of hydrogen-bond acceptors (Lipinski definition) is 4. The number of carbonyl (C=O) groups excluding carboxylic acids is 1. The van der Waals surface area contributed by atoms with Crippen LogP contribution in [-0.4, -0.2) is 29.7 Å². The lowest BCUT2D eigenvalue weighted by atomic mass is 9.66. The van der Waals surface area contributed by atoms with Gasteiger partial charge in [0.05, 0.1) is 6.61 Å². The zero-order valence-electron chi connectivity index (χ0n) is 7.45. The van der Waals surface area contributed by atoms with Gasteiger partial charge in [0.2, 0.25) is 0 Å². The molecular formula is C8H13NO4. The van der Waals surface area contributed by atoms with E-state index in [-0.39, 0.29) is 25.5 Å². The Morgan fingerprint density at radius 3 is 2.46 bits per heavy atom. The third-order valence-corrected chi connectivity index (χ3v) is 2.30. The molecule has 0 aromatic heterocycles. The number of rotatable bonds is 3.